The molecule has 6 nitrogen and oxygen atoms in total. The summed E-state index contributed by atoms with van der Waals surface area (Å²) in [7, 11) is 1.59. The van der Waals surface area contributed by atoms with Crippen molar-refractivity contribution >= 4 is 23.8 Å². The number of amides is 2. The van der Waals surface area contributed by atoms with Crippen molar-refractivity contribution in [3.05, 3.63) is 0 Å². The number of hydrogen-bond donors (Lipinski definition) is 1. The fourth-order valence-corrected chi connectivity index (χ4v) is 3.74. The molecule has 0 bridgehead atoms. The van der Waals surface area contributed by atoms with E-state index in [1.165, 1.54) is 4.90 Å². The van der Waals surface area contributed by atoms with Crippen LogP contribution in [0.25, 0.3) is 0 Å². The van der Waals surface area contributed by atoms with E-state index in [0.717, 1.165) is 12.8 Å². The lowest BCUT2D eigenvalue weighted by molar-refractivity contribution is -0.141. The monoisotopic (exact) mass is 304 g/mol. The van der Waals surface area contributed by atoms with Gasteiger partial charge < -0.3 is 14.7 Å². The van der Waals surface area contributed by atoms with Crippen LogP contribution in [0.15, 0.2) is 0 Å². The van der Waals surface area contributed by atoms with Gasteiger partial charge in [0.1, 0.15) is 6.04 Å². The van der Waals surface area contributed by atoms with Crippen molar-refractivity contribution in [2.45, 2.75) is 38.1 Å². The number of carbonyl (C=O) groups is 2. The third kappa shape index (κ3) is 4.02. The summed E-state index contributed by atoms with van der Waals surface area (Å²) in [6.07, 6.45) is 1.75. The molecule has 0 spiro atoms. The van der Waals surface area contributed by atoms with E-state index in [0.29, 0.717) is 25.4 Å². The maximum atomic E-state index is 12.6. The van der Waals surface area contributed by atoms with Gasteiger partial charge in [0.2, 0.25) is 0 Å². The molecule has 1 heterocycles. The Hall–Kier alpha value is -0.950. The van der Waals surface area contributed by atoms with Crippen LogP contribution in [-0.2, 0) is 9.53 Å². The van der Waals surface area contributed by atoms with E-state index in [2.05, 4.69) is 0 Å². The van der Waals surface area contributed by atoms with Crippen LogP contribution in [0.2, 0.25) is 0 Å². The fourth-order valence-electron chi connectivity index (χ4n) is 2.23. The zero-order valence-electron chi connectivity index (χ0n) is 12.4. The number of carbonyl (C=O) groups excluding carboxylic acids is 1. The van der Waals surface area contributed by atoms with Crippen molar-refractivity contribution in [1.29, 1.82) is 0 Å². The Balaban J connectivity index is 2.83. The zero-order valence-corrected chi connectivity index (χ0v) is 13.2. The van der Waals surface area contributed by atoms with Crippen LogP contribution in [0.1, 0.15) is 26.7 Å². The molecule has 1 N–H and O–H groups in total. The molecule has 0 radical (unpaired) electrons. The van der Waals surface area contributed by atoms with Gasteiger partial charge in [0.15, 0.2) is 0 Å². The number of ether oxygens (including phenoxy) is 1. The Kier molecular flexibility index (Phi) is 7.15. The first-order chi connectivity index (χ1) is 9.56. The standard InChI is InChI=1S/C13H24N2O4S/c1-4-6-11-15(10(9-20-11)12(16)17)13(18)14(5-2)7-8-19-3/h10-11H,4-9H2,1-3H3,(H,16,17). The fraction of sp³-hybridized carbons (Fsp3) is 0.846. The first-order valence-electron chi connectivity index (χ1n) is 6.97. The summed E-state index contributed by atoms with van der Waals surface area (Å²) in [4.78, 5) is 27.1. The molecule has 1 fully saturated rings. The van der Waals surface area contributed by atoms with Crippen LogP contribution >= 0.6 is 11.8 Å². The minimum Gasteiger partial charge on any atom is -0.480 e. The summed E-state index contributed by atoms with van der Waals surface area (Å²) in [5.41, 5.74) is 0. The van der Waals surface area contributed by atoms with E-state index in [-0.39, 0.29) is 11.4 Å². The average molecular weight is 304 g/mol. The number of aliphatic carboxylic acids is 1. The van der Waals surface area contributed by atoms with E-state index in [4.69, 9.17) is 4.74 Å². The number of urea groups is 1. The second-order valence-corrected chi connectivity index (χ2v) is 5.90. The summed E-state index contributed by atoms with van der Waals surface area (Å²) in [5.74, 6) is -0.458. The lowest BCUT2D eigenvalue weighted by Crippen LogP contribution is -2.52. The van der Waals surface area contributed by atoms with Gasteiger partial charge in [0.05, 0.1) is 12.0 Å². The minimum absolute atomic E-state index is 0.0369. The molecule has 0 saturated carbocycles. The third-order valence-electron chi connectivity index (χ3n) is 3.35. The summed E-state index contributed by atoms with van der Waals surface area (Å²) >= 11 is 1.56. The van der Waals surface area contributed by atoms with Gasteiger partial charge in [-0.2, -0.15) is 0 Å². The van der Waals surface area contributed by atoms with Crippen molar-refractivity contribution in [2.24, 2.45) is 0 Å². The molecule has 2 unspecified atom stereocenters. The van der Waals surface area contributed by atoms with Crippen LogP contribution in [0.5, 0.6) is 0 Å². The number of carboxylic acids is 1. The van der Waals surface area contributed by atoms with Crippen LogP contribution in [0, 0.1) is 0 Å². The van der Waals surface area contributed by atoms with Gasteiger partial charge in [-0.1, -0.05) is 13.3 Å². The van der Waals surface area contributed by atoms with Crippen LogP contribution in [-0.4, -0.2) is 70.9 Å². The summed E-state index contributed by atoms with van der Waals surface area (Å²) < 4.78 is 5.00. The number of rotatable bonds is 7. The number of thioether (sulfide) groups is 1. The Bertz CT molecular complexity index is 340. The van der Waals surface area contributed by atoms with Gasteiger partial charge in [-0.15, -0.1) is 11.8 Å². The number of methoxy groups -OCH3 is 1. The quantitative estimate of drug-likeness (QED) is 0.775. The molecule has 0 aromatic carbocycles. The third-order valence-corrected chi connectivity index (χ3v) is 4.71. The van der Waals surface area contributed by atoms with Gasteiger partial charge in [0.25, 0.3) is 0 Å². The molecule has 0 aromatic rings. The van der Waals surface area contributed by atoms with Crippen LogP contribution < -0.4 is 0 Å². The highest BCUT2D eigenvalue weighted by molar-refractivity contribution is 8.00. The smallest absolute Gasteiger partial charge is 0.327 e. The zero-order chi connectivity index (χ0) is 15.1. The Morgan fingerprint density at radius 2 is 2.15 bits per heavy atom. The van der Waals surface area contributed by atoms with Crippen molar-refractivity contribution in [1.82, 2.24) is 9.80 Å². The van der Waals surface area contributed by atoms with Gasteiger partial charge in [0, 0.05) is 26.0 Å². The van der Waals surface area contributed by atoms with E-state index >= 15 is 0 Å². The molecular formula is C13H24N2O4S. The molecule has 2 atom stereocenters. The van der Waals surface area contributed by atoms with Crippen molar-refractivity contribution in [2.75, 3.05) is 32.6 Å². The maximum absolute atomic E-state index is 12.6. The SMILES string of the molecule is CCCC1SCC(C(=O)O)N1C(=O)N(CC)CCOC. The van der Waals surface area contributed by atoms with Crippen molar-refractivity contribution in [3.63, 3.8) is 0 Å². The van der Waals surface area contributed by atoms with Crippen molar-refractivity contribution in [3.8, 4) is 0 Å². The minimum atomic E-state index is -0.924. The number of likely N-dealkylation sites (N-methyl/N-ethyl adjacent to an activating group) is 1. The predicted octanol–water partition coefficient (Wildman–Crippen LogP) is 1.70. The number of hydrogen-bond acceptors (Lipinski definition) is 4. The first kappa shape index (κ1) is 17.1. The van der Waals surface area contributed by atoms with E-state index in [9.17, 15) is 14.7 Å². The van der Waals surface area contributed by atoms with Crippen molar-refractivity contribution < 1.29 is 19.4 Å². The highest BCUT2D eigenvalue weighted by Gasteiger charge is 2.42. The summed E-state index contributed by atoms with van der Waals surface area (Å²) in [6, 6.07) is -0.916. The van der Waals surface area contributed by atoms with Gasteiger partial charge in [-0.25, -0.2) is 9.59 Å². The molecule has 1 rings (SSSR count). The Morgan fingerprint density at radius 1 is 1.45 bits per heavy atom. The summed E-state index contributed by atoms with van der Waals surface area (Å²) in [5, 5.41) is 9.26. The van der Waals surface area contributed by atoms with E-state index in [1.54, 1.807) is 23.8 Å². The topological polar surface area (TPSA) is 70.1 Å². The lowest BCUT2D eigenvalue weighted by Gasteiger charge is -2.32. The Labute approximate surface area is 124 Å². The molecule has 2 amide bonds. The van der Waals surface area contributed by atoms with Crippen LogP contribution in [0.4, 0.5) is 4.79 Å². The second kappa shape index (κ2) is 8.36. The summed E-state index contributed by atoms with van der Waals surface area (Å²) in [6.45, 7) is 5.42. The first-order valence-corrected chi connectivity index (χ1v) is 8.02. The van der Waals surface area contributed by atoms with Gasteiger partial charge in [-0.05, 0) is 13.3 Å². The maximum Gasteiger partial charge on any atom is 0.327 e. The lowest BCUT2D eigenvalue weighted by atomic mass is 10.2. The molecule has 1 saturated heterocycles. The molecule has 116 valence electrons. The molecule has 0 aliphatic carbocycles. The molecule has 20 heavy (non-hydrogen) atoms. The number of carboxylic acid groups (broad SMARTS) is 1. The van der Waals surface area contributed by atoms with Gasteiger partial charge >= 0.3 is 12.0 Å². The van der Waals surface area contributed by atoms with E-state index in [1.807, 2.05) is 13.8 Å². The second-order valence-electron chi connectivity index (χ2n) is 4.69. The highest BCUT2D eigenvalue weighted by atomic mass is 32.2. The Morgan fingerprint density at radius 3 is 2.65 bits per heavy atom. The molecule has 1 aliphatic rings. The predicted molar refractivity (Wildman–Crippen MR) is 78.9 cm³/mol. The number of nitrogens with zero attached hydrogens (tertiary/aromatic N) is 2. The molecule has 7 heteroatoms. The largest absolute Gasteiger partial charge is 0.480 e. The average Bonchev–Trinajstić information content (AvgIpc) is 2.83. The van der Waals surface area contributed by atoms with Crippen LogP contribution in [0.3, 0.4) is 0 Å². The van der Waals surface area contributed by atoms with Gasteiger partial charge in [-0.3, -0.25) is 4.90 Å². The highest BCUT2D eigenvalue weighted by Crippen LogP contribution is 2.33. The molecular weight excluding hydrogens is 280 g/mol. The normalized spacial score (nSPS) is 22.1. The van der Waals surface area contributed by atoms with E-state index < -0.39 is 12.0 Å². The molecule has 1 aliphatic heterocycles. The molecule has 0 aromatic heterocycles.